The van der Waals surface area contributed by atoms with Crippen molar-refractivity contribution in [2.24, 2.45) is 0 Å². The van der Waals surface area contributed by atoms with Gasteiger partial charge in [0.2, 0.25) is 0 Å². The van der Waals surface area contributed by atoms with Gasteiger partial charge in [-0.2, -0.15) is 0 Å². The van der Waals surface area contributed by atoms with Crippen molar-refractivity contribution >= 4 is 5.82 Å². The third kappa shape index (κ3) is 2.32. The largest absolute Gasteiger partial charge is 0.491 e. The molecule has 114 valence electrons. The monoisotopic (exact) mass is 295 g/mol. The molecule has 0 radical (unpaired) electrons. The highest BCUT2D eigenvalue weighted by atomic mass is 16.5. The van der Waals surface area contributed by atoms with Crippen molar-refractivity contribution < 1.29 is 4.74 Å². The third-order valence-electron chi connectivity index (χ3n) is 4.55. The molecule has 4 heteroatoms. The van der Waals surface area contributed by atoms with Crippen LogP contribution in [0.5, 0.6) is 5.75 Å². The van der Waals surface area contributed by atoms with Crippen molar-refractivity contribution in [1.82, 2.24) is 9.97 Å². The molecule has 1 aromatic carbocycles. The molecule has 0 amide bonds. The van der Waals surface area contributed by atoms with Crippen LogP contribution >= 0.6 is 0 Å². The molecule has 0 saturated carbocycles. The minimum absolute atomic E-state index is 0.176. The number of nitrogens with one attached hydrogen (secondary N) is 1. The maximum Gasteiger partial charge on any atom is 0.133 e. The zero-order valence-corrected chi connectivity index (χ0v) is 13.1. The first-order chi connectivity index (χ1) is 10.7. The number of hydrogen-bond acceptors (Lipinski definition) is 4. The highest BCUT2D eigenvalue weighted by Crippen LogP contribution is 2.36. The second-order valence-corrected chi connectivity index (χ2v) is 6.30. The summed E-state index contributed by atoms with van der Waals surface area (Å²) >= 11 is 0. The molecule has 22 heavy (non-hydrogen) atoms. The van der Waals surface area contributed by atoms with Gasteiger partial charge in [0.05, 0.1) is 6.04 Å². The van der Waals surface area contributed by atoms with Gasteiger partial charge < -0.3 is 10.1 Å². The molecule has 1 aliphatic heterocycles. The van der Waals surface area contributed by atoms with E-state index in [1.807, 2.05) is 6.92 Å². The fourth-order valence-corrected chi connectivity index (χ4v) is 3.46. The zero-order chi connectivity index (χ0) is 15.1. The Balaban J connectivity index is 1.68. The lowest BCUT2D eigenvalue weighted by molar-refractivity contribution is 0.339. The van der Waals surface area contributed by atoms with Gasteiger partial charge in [-0.1, -0.05) is 17.7 Å². The smallest absolute Gasteiger partial charge is 0.133 e. The topological polar surface area (TPSA) is 47.0 Å². The van der Waals surface area contributed by atoms with Crippen LogP contribution in [0.1, 0.15) is 47.1 Å². The van der Waals surface area contributed by atoms with Crippen LogP contribution in [0, 0.1) is 13.8 Å². The Morgan fingerprint density at radius 1 is 1.14 bits per heavy atom. The Morgan fingerprint density at radius 2 is 2.00 bits per heavy atom. The van der Waals surface area contributed by atoms with Crippen molar-refractivity contribution in [1.29, 1.82) is 0 Å². The Kier molecular flexibility index (Phi) is 3.25. The average Bonchev–Trinajstić information content (AvgIpc) is 2.89. The highest BCUT2D eigenvalue weighted by Gasteiger charge is 2.26. The van der Waals surface area contributed by atoms with E-state index < -0.39 is 0 Å². The lowest BCUT2D eigenvalue weighted by Gasteiger charge is -2.21. The molecule has 2 aromatic rings. The maximum absolute atomic E-state index is 5.81. The van der Waals surface area contributed by atoms with Gasteiger partial charge >= 0.3 is 0 Å². The first-order valence-corrected chi connectivity index (χ1v) is 8.07. The van der Waals surface area contributed by atoms with Gasteiger partial charge in [-0.05, 0) is 45.6 Å². The lowest BCUT2D eigenvalue weighted by Crippen LogP contribution is -2.18. The Bertz CT molecular complexity index is 727. The number of aromatic nitrogens is 2. The predicted octanol–water partition coefficient (Wildman–Crippen LogP) is 3.52. The molecular formula is C18H21N3O. The first kappa shape index (κ1) is 13.6. The van der Waals surface area contributed by atoms with Gasteiger partial charge in [0.25, 0.3) is 0 Å². The quantitative estimate of drug-likeness (QED) is 0.921. The number of fused-ring (bicyclic) bond motifs is 2. The third-order valence-corrected chi connectivity index (χ3v) is 4.55. The van der Waals surface area contributed by atoms with Crippen LogP contribution in [0.15, 0.2) is 18.2 Å². The van der Waals surface area contributed by atoms with Gasteiger partial charge in [0.15, 0.2) is 0 Å². The first-order valence-electron chi connectivity index (χ1n) is 8.07. The maximum atomic E-state index is 5.81. The molecule has 4 nitrogen and oxygen atoms in total. The van der Waals surface area contributed by atoms with Crippen LogP contribution in [0.3, 0.4) is 0 Å². The van der Waals surface area contributed by atoms with E-state index in [0.717, 1.165) is 30.2 Å². The van der Waals surface area contributed by atoms with Crippen LogP contribution in [0.4, 0.5) is 5.82 Å². The van der Waals surface area contributed by atoms with Gasteiger partial charge in [-0.3, -0.25) is 0 Å². The fraction of sp³-hybridized carbons (Fsp3) is 0.444. The summed E-state index contributed by atoms with van der Waals surface area (Å²) in [6, 6.07) is 6.54. The summed E-state index contributed by atoms with van der Waals surface area (Å²) < 4.78 is 5.81. The van der Waals surface area contributed by atoms with Crippen molar-refractivity contribution in [2.45, 2.75) is 45.6 Å². The van der Waals surface area contributed by atoms with E-state index in [-0.39, 0.29) is 6.04 Å². The number of nitrogens with zero attached hydrogens (tertiary/aromatic N) is 2. The molecule has 0 bridgehead atoms. The standard InChI is InChI=1S/C18H21N3O/c1-11-7-8-17-14(9-11)16(10-22-17)21-18-13-5-3-4-6-15(13)19-12(2)20-18/h7-9,16H,3-6,10H2,1-2H3,(H,19,20,21). The normalized spacial score (nSPS) is 19.3. The van der Waals surface area contributed by atoms with Gasteiger partial charge in [-0.25, -0.2) is 9.97 Å². The number of benzene rings is 1. The molecule has 2 heterocycles. The SMILES string of the molecule is Cc1ccc2c(c1)C(Nc1nc(C)nc3c1CCCC3)CO2. The number of aryl methyl sites for hydroxylation is 3. The van der Waals surface area contributed by atoms with E-state index in [4.69, 9.17) is 4.74 Å². The molecule has 0 fully saturated rings. The summed E-state index contributed by atoms with van der Waals surface area (Å²) in [4.78, 5) is 9.29. The van der Waals surface area contributed by atoms with Crippen LogP contribution in [0.2, 0.25) is 0 Å². The van der Waals surface area contributed by atoms with Crippen molar-refractivity contribution in [2.75, 3.05) is 11.9 Å². The second kappa shape index (κ2) is 5.27. The van der Waals surface area contributed by atoms with E-state index in [2.05, 4.69) is 40.4 Å². The van der Waals surface area contributed by atoms with E-state index >= 15 is 0 Å². The van der Waals surface area contributed by atoms with E-state index in [1.54, 1.807) is 0 Å². The summed E-state index contributed by atoms with van der Waals surface area (Å²) in [6.45, 7) is 4.76. The number of rotatable bonds is 2. The summed E-state index contributed by atoms with van der Waals surface area (Å²) in [6.07, 6.45) is 4.61. The molecule has 0 spiro atoms. The van der Waals surface area contributed by atoms with Crippen LogP contribution < -0.4 is 10.1 Å². The van der Waals surface area contributed by atoms with E-state index in [1.165, 1.54) is 35.2 Å². The summed E-state index contributed by atoms with van der Waals surface area (Å²) in [5.74, 6) is 2.85. The van der Waals surface area contributed by atoms with Crippen molar-refractivity contribution in [3.05, 3.63) is 46.4 Å². The zero-order valence-electron chi connectivity index (χ0n) is 13.1. The van der Waals surface area contributed by atoms with Crippen LogP contribution in [-0.4, -0.2) is 16.6 Å². The molecule has 1 aromatic heterocycles. The van der Waals surface area contributed by atoms with Gasteiger partial charge in [0.1, 0.15) is 24.0 Å². The minimum Gasteiger partial charge on any atom is -0.491 e. The molecule has 0 saturated heterocycles. The molecule has 2 aliphatic rings. The Labute approximate surface area is 130 Å². The van der Waals surface area contributed by atoms with Gasteiger partial charge in [-0.15, -0.1) is 0 Å². The minimum atomic E-state index is 0.176. The lowest BCUT2D eigenvalue weighted by atomic mass is 9.96. The molecule has 1 unspecified atom stereocenters. The molecule has 1 atom stereocenters. The van der Waals surface area contributed by atoms with E-state index in [9.17, 15) is 0 Å². The predicted molar refractivity (Wildman–Crippen MR) is 86.4 cm³/mol. The van der Waals surface area contributed by atoms with Crippen LogP contribution in [-0.2, 0) is 12.8 Å². The van der Waals surface area contributed by atoms with Crippen LogP contribution in [0.25, 0.3) is 0 Å². The fourth-order valence-electron chi connectivity index (χ4n) is 3.46. The van der Waals surface area contributed by atoms with Crippen molar-refractivity contribution in [3.8, 4) is 5.75 Å². The summed E-state index contributed by atoms with van der Waals surface area (Å²) in [7, 11) is 0. The Morgan fingerprint density at radius 3 is 2.91 bits per heavy atom. The van der Waals surface area contributed by atoms with Gasteiger partial charge in [0, 0.05) is 16.8 Å². The average molecular weight is 295 g/mol. The van der Waals surface area contributed by atoms with E-state index in [0.29, 0.717) is 6.61 Å². The summed E-state index contributed by atoms with van der Waals surface area (Å²) in [5.41, 5.74) is 5.03. The molecule has 4 rings (SSSR count). The summed E-state index contributed by atoms with van der Waals surface area (Å²) in [5, 5.41) is 3.62. The Hall–Kier alpha value is -2.10. The molecule has 1 N–H and O–H groups in total. The number of hydrogen-bond donors (Lipinski definition) is 1. The number of ether oxygens (including phenoxy) is 1. The van der Waals surface area contributed by atoms with Crippen molar-refractivity contribution in [3.63, 3.8) is 0 Å². The molecular weight excluding hydrogens is 274 g/mol. The second-order valence-electron chi connectivity index (χ2n) is 6.30. The number of anilines is 1. The highest BCUT2D eigenvalue weighted by molar-refractivity contribution is 5.52. The molecule has 1 aliphatic carbocycles.